The summed E-state index contributed by atoms with van der Waals surface area (Å²) in [6.07, 6.45) is 0. The number of ether oxygens (including phenoxy) is 1. The Balaban J connectivity index is 1.96. The van der Waals surface area contributed by atoms with E-state index in [1.165, 1.54) is 0 Å². The third-order valence-electron chi connectivity index (χ3n) is 4.27. The first-order chi connectivity index (χ1) is 12.8. The lowest BCUT2D eigenvalue weighted by atomic mass is 10.0. The molecule has 0 aliphatic rings. The maximum absolute atomic E-state index is 6.60. The summed E-state index contributed by atoms with van der Waals surface area (Å²) in [5.41, 5.74) is 11.6. The van der Waals surface area contributed by atoms with Gasteiger partial charge in [0, 0.05) is 5.56 Å². The minimum Gasteiger partial charge on any atom is -0.497 e. The van der Waals surface area contributed by atoms with E-state index >= 15 is 0 Å². The molecule has 2 N–H and O–H groups in total. The van der Waals surface area contributed by atoms with Crippen molar-refractivity contribution in [1.29, 1.82) is 0 Å². The molecule has 0 saturated carbocycles. The third kappa shape index (κ3) is 2.80. The number of nitrogens with two attached hydrogens (primary N) is 1. The van der Waals surface area contributed by atoms with E-state index in [0.29, 0.717) is 5.70 Å². The molecule has 0 radical (unpaired) electrons. The summed E-state index contributed by atoms with van der Waals surface area (Å²) in [6, 6.07) is 25.5. The van der Waals surface area contributed by atoms with E-state index in [1.54, 1.807) is 11.8 Å². The molecule has 0 bridgehead atoms. The van der Waals surface area contributed by atoms with E-state index in [0.717, 1.165) is 33.6 Å². The van der Waals surface area contributed by atoms with Crippen LogP contribution in [0.1, 0.15) is 11.1 Å². The van der Waals surface area contributed by atoms with Crippen molar-refractivity contribution in [3.05, 3.63) is 90.0 Å². The number of hydrogen-bond donors (Lipinski definition) is 1. The first-order valence-electron chi connectivity index (χ1n) is 8.28. The molecule has 1 heterocycles. The Morgan fingerprint density at radius 1 is 0.846 bits per heavy atom. The normalized spacial score (nSPS) is 12.0. The second-order valence-corrected chi connectivity index (χ2v) is 5.85. The van der Waals surface area contributed by atoms with Gasteiger partial charge in [0.2, 0.25) is 0 Å². The summed E-state index contributed by atoms with van der Waals surface area (Å²) in [7, 11) is 1.64. The molecular formula is C21H18N4O. The average molecular weight is 342 g/mol. The molecule has 5 nitrogen and oxygen atoms in total. The van der Waals surface area contributed by atoms with Gasteiger partial charge in [-0.15, -0.1) is 5.10 Å². The lowest BCUT2D eigenvalue weighted by Crippen LogP contribution is -2.09. The summed E-state index contributed by atoms with van der Waals surface area (Å²) in [5.74, 6) is 0.786. The lowest BCUT2D eigenvalue weighted by Gasteiger charge is -2.14. The first-order valence-corrected chi connectivity index (χ1v) is 8.28. The second kappa shape index (κ2) is 6.72. The monoisotopic (exact) mass is 342 g/mol. The van der Waals surface area contributed by atoms with Crippen LogP contribution < -0.4 is 10.5 Å². The van der Waals surface area contributed by atoms with Gasteiger partial charge in [-0.1, -0.05) is 47.7 Å². The first kappa shape index (κ1) is 15.9. The molecule has 5 heteroatoms. The molecule has 4 aromatic rings. The summed E-state index contributed by atoms with van der Waals surface area (Å²) in [6.45, 7) is 0. The number of methoxy groups -OCH3 is 1. The van der Waals surface area contributed by atoms with Crippen LogP contribution in [0.3, 0.4) is 0 Å². The van der Waals surface area contributed by atoms with Crippen LogP contribution in [0.2, 0.25) is 0 Å². The Labute approximate surface area is 151 Å². The number of para-hydroxylation sites is 1. The number of fused-ring (bicyclic) bond motifs is 1. The fraction of sp³-hybridized carbons (Fsp3) is 0.0476. The van der Waals surface area contributed by atoms with E-state index in [-0.39, 0.29) is 0 Å². The smallest absolute Gasteiger partial charge is 0.118 e. The Morgan fingerprint density at radius 2 is 1.54 bits per heavy atom. The van der Waals surface area contributed by atoms with E-state index in [4.69, 9.17) is 10.5 Å². The second-order valence-electron chi connectivity index (χ2n) is 5.85. The van der Waals surface area contributed by atoms with Crippen LogP contribution in [0.15, 0.2) is 78.9 Å². The van der Waals surface area contributed by atoms with Crippen LogP contribution in [-0.4, -0.2) is 22.1 Å². The average Bonchev–Trinajstić information content (AvgIpc) is 3.13. The molecule has 0 aliphatic carbocycles. The maximum Gasteiger partial charge on any atom is 0.118 e. The number of hydrogen-bond acceptors (Lipinski definition) is 4. The summed E-state index contributed by atoms with van der Waals surface area (Å²) in [5, 5.41) is 8.63. The number of rotatable bonds is 4. The molecule has 1 aromatic heterocycles. The Morgan fingerprint density at radius 3 is 2.27 bits per heavy atom. The Kier molecular flexibility index (Phi) is 4.11. The molecule has 0 aliphatic heterocycles. The molecule has 0 amide bonds. The number of benzene rings is 3. The van der Waals surface area contributed by atoms with Crippen LogP contribution in [-0.2, 0) is 0 Å². The van der Waals surface area contributed by atoms with Crippen molar-refractivity contribution in [2.45, 2.75) is 0 Å². The molecule has 0 fully saturated rings. The standard InChI is InChI=1S/C21H18N4O/c1-26-17-13-11-15(12-14-17)20(22)21(16-7-3-2-4-8-16)25-19-10-6-5-9-18(19)23-24-25/h2-14H,22H2,1H3/b21-20-. The highest BCUT2D eigenvalue weighted by Gasteiger charge is 2.15. The SMILES string of the molecule is COc1ccc(/C(N)=C(\c2ccccc2)n2nnc3ccccc32)cc1. The molecule has 0 atom stereocenters. The van der Waals surface area contributed by atoms with Gasteiger partial charge in [0.15, 0.2) is 0 Å². The van der Waals surface area contributed by atoms with Crippen LogP contribution in [0.5, 0.6) is 5.75 Å². The van der Waals surface area contributed by atoms with Crippen LogP contribution in [0, 0.1) is 0 Å². The zero-order valence-electron chi connectivity index (χ0n) is 14.3. The Hall–Kier alpha value is -3.60. The molecule has 3 aromatic carbocycles. The maximum atomic E-state index is 6.60. The van der Waals surface area contributed by atoms with Crippen molar-refractivity contribution < 1.29 is 4.74 Å². The van der Waals surface area contributed by atoms with Crippen molar-refractivity contribution in [2.75, 3.05) is 7.11 Å². The van der Waals surface area contributed by atoms with Crippen molar-refractivity contribution in [3.63, 3.8) is 0 Å². The van der Waals surface area contributed by atoms with E-state index in [1.807, 2.05) is 78.9 Å². The number of aromatic nitrogens is 3. The molecule has 0 saturated heterocycles. The zero-order valence-corrected chi connectivity index (χ0v) is 14.3. The van der Waals surface area contributed by atoms with Crippen LogP contribution in [0.4, 0.5) is 0 Å². The highest BCUT2D eigenvalue weighted by atomic mass is 16.5. The fourth-order valence-electron chi connectivity index (χ4n) is 2.93. The lowest BCUT2D eigenvalue weighted by molar-refractivity contribution is 0.415. The fourth-order valence-corrected chi connectivity index (χ4v) is 2.93. The largest absolute Gasteiger partial charge is 0.497 e. The van der Waals surface area contributed by atoms with Crippen molar-refractivity contribution in [1.82, 2.24) is 15.0 Å². The predicted octanol–water partition coefficient (Wildman–Crippen LogP) is 3.77. The van der Waals surface area contributed by atoms with E-state index < -0.39 is 0 Å². The van der Waals surface area contributed by atoms with Crippen LogP contribution in [0.25, 0.3) is 22.4 Å². The van der Waals surface area contributed by atoms with Gasteiger partial charge >= 0.3 is 0 Å². The van der Waals surface area contributed by atoms with E-state index in [9.17, 15) is 0 Å². The van der Waals surface area contributed by atoms with Crippen molar-refractivity contribution in [3.8, 4) is 5.75 Å². The summed E-state index contributed by atoms with van der Waals surface area (Å²) < 4.78 is 7.04. The summed E-state index contributed by atoms with van der Waals surface area (Å²) in [4.78, 5) is 0. The molecule has 0 unspecified atom stereocenters. The van der Waals surface area contributed by atoms with Crippen molar-refractivity contribution in [2.24, 2.45) is 5.73 Å². The minimum atomic E-state index is 0.620. The summed E-state index contributed by atoms with van der Waals surface area (Å²) >= 11 is 0. The van der Waals surface area contributed by atoms with Gasteiger partial charge in [-0.25, -0.2) is 4.68 Å². The van der Waals surface area contributed by atoms with Crippen LogP contribution >= 0.6 is 0 Å². The predicted molar refractivity (Wildman–Crippen MR) is 103 cm³/mol. The molecule has 4 rings (SSSR count). The van der Waals surface area contributed by atoms with Gasteiger partial charge in [0.1, 0.15) is 11.3 Å². The van der Waals surface area contributed by atoms with Crippen molar-refractivity contribution >= 4 is 22.4 Å². The third-order valence-corrected chi connectivity index (χ3v) is 4.27. The Bertz CT molecular complexity index is 1070. The van der Waals surface area contributed by atoms with Gasteiger partial charge in [0.25, 0.3) is 0 Å². The molecule has 128 valence electrons. The number of nitrogens with zero attached hydrogens (tertiary/aromatic N) is 3. The minimum absolute atomic E-state index is 0.620. The van der Waals surface area contributed by atoms with Gasteiger partial charge in [-0.3, -0.25) is 0 Å². The quantitative estimate of drug-likeness (QED) is 0.573. The van der Waals surface area contributed by atoms with Gasteiger partial charge in [0.05, 0.1) is 24.0 Å². The van der Waals surface area contributed by atoms with Gasteiger partial charge in [-0.05, 0) is 42.0 Å². The van der Waals surface area contributed by atoms with E-state index in [2.05, 4.69) is 10.3 Å². The topological polar surface area (TPSA) is 66.0 Å². The highest BCUT2D eigenvalue weighted by molar-refractivity contribution is 5.92. The molecular weight excluding hydrogens is 324 g/mol. The molecule has 26 heavy (non-hydrogen) atoms. The van der Waals surface area contributed by atoms with Gasteiger partial charge < -0.3 is 10.5 Å². The highest BCUT2D eigenvalue weighted by Crippen LogP contribution is 2.27. The molecule has 0 spiro atoms. The zero-order chi connectivity index (χ0) is 17.9. The van der Waals surface area contributed by atoms with Gasteiger partial charge in [-0.2, -0.15) is 0 Å².